The van der Waals surface area contributed by atoms with E-state index in [1.54, 1.807) is 0 Å². The Bertz CT molecular complexity index is 587. The Balaban J connectivity index is 1.95. The van der Waals surface area contributed by atoms with E-state index in [4.69, 9.17) is 9.47 Å². The van der Waals surface area contributed by atoms with Gasteiger partial charge in [-0.2, -0.15) is 8.78 Å². The molecule has 0 bridgehead atoms. The average Bonchev–Trinajstić information content (AvgIpc) is 2.76. The lowest BCUT2D eigenvalue weighted by Gasteiger charge is -2.17. The summed E-state index contributed by atoms with van der Waals surface area (Å²) in [4.78, 5) is -0.398. The predicted molar refractivity (Wildman–Crippen MR) is 73.0 cm³/mol. The van der Waals surface area contributed by atoms with Gasteiger partial charge in [0.15, 0.2) is 5.79 Å². The molecule has 1 saturated heterocycles. The molecule has 0 amide bonds. The normalized spacial score (nSPS) is 21.7. The van der Waals surface area contributed by atoms with E-state index in [-0.39, 0.29) is 6.10 Å². The Labute approximate surface area is 122 Å². The van der Waals surface area contributed by atoms with Crippen LogP contribution in [-0.4, -0.2) is 39.2 Å². The largest absolute Gasteiger partial charge is 0.382 e. The lowest BCUT2D eigenvalue weighted by Crippen LogP contribution is -2.26. The first-order chi connectivity index (χ1) is 9.71. The molecule has 21 heavy (non-hydrogen) atoms. The van der Waals surface area contributed by atoms with E-state index >= 15 is 0 Å². The first-order valence-corrected chi connectivity index (χ1v) is 7.93. The van der Waals surface area contributed by atoms with Crippen LogP contribution in [0.2, 0.25) is 0 Å². The molecule has 1 atom stereocenters. The Kier molecular flexibility index (Phi) is 4.50. The molecule has 1 aromatic carbocycles. The number of anilines is 1. The fourth-order valence-corrected chi connectivity index (χ4v) is 2.68. The molecule has 0 aromatic heterocycles. The van der Waals surface area contributed by atoms with Crippen molar-refractivity contribution in [1.29, 1.82) is 0 Å². The molecule has 0 spiro atoms. The van der Waals surface area contributed by atoms with E-state index in [1.807, 2.05) is 13.8 Å². The summed E-state index contributed by atoms with van der Waals surface area (Å²) in [7, 11) is -4.55. The van der Waals surface area contributed by atoms with Gasteiger partial charge in [0.25, 0.3) is 0 Å². The number of hydrogen-bond acceptors (Lipinski definition) is 5. The molecule has 1 aliphatic heterocycles. The summed E-state index contributed by atoms with van der Waals surface area (Å²) < 4.78 is 58.3. The summed E-state index contributed by atoms with van der Waals surface area (Å²) in [5.41, 5.74) is 0.622. The number of hydrogen-bond donors (Lipinski definition) is 1. The van der Waals surface area contributed by atoms with Gasteiger partial charge in [-0.15, -0.1) is 0 Å². The Morgan fingerprint density at radius 1 is 1.33 bits per heavy atom. The van der Waals surface area contributed by atoms with Crippen molar-refractivity contribution in [2.75, 3.05) is 18.5 Å². The van der Waals surface area contributed by atoms with Crippen molar-refractivity contribution in [3.63, 3.8) is 0 Å². The van der Waals surface area contributed by atoms with Crippen molar-refractivity contribution >= 4 is 15.5 Å². The van der Waals surface area contributed by atoms with E-state index in [0.29, 0.717) is 18.8 Å². The fraction of sp³-hybridized carbons (Fsp3) is 0.538. The summed E-state index contributed by atoms with van der Waals surface area (Å²) in [6.45, 7) is 4.57. The predicted octanol–water partition coefficient (Wildman–Crippen LogP) is 2.25. The molecule has 1 fully saturated rings. The lowest BCUT2D eigenvalue weighted by molar-refractivity contribution is -0.136. The smallest absolute Gasteiger partial charge is 0.341 e. The molecular formula is C13H17F2NO4S. The minimum atomic E-state index is -4.55. The van der Waals surface area contributed by atoms with E-state index in [9.17, 15) is 17.2 Å². The van der Waals surface area contributed by atoms with Gasteiger partial charge >= 0.3 is 5.76 Å². The molecule has 1 heterocycles. The Morgan fingerprint density at radius 2 is 1.95 bits per heavy atom. The van der Waals surface area contributed by atoms with Crippen molar-refractivity contribution in [2.24, 2.45) is 0 Å². The summed E-state index contributed by atoms with van der Waals surface area (Å²) in [5, 5.41) is 3.04. The highest BCUT2D eigenvalue weighted by Gasteiger charge is 2.32. The third kappa shape index (κ3) is 3.90. The molecule has 0 aliphatic carbocycles. The van der Waals surface area contributed by atoms with Crippen LogP contribution in [0.1, 0.15) is 13.8 Å². The van der Waals surface area contributed by atoms with Crippen molar-refractivity contribution in [3.8, 4) is 0 Å². The molecule has 118 valence electrons. The van der Waals surface area contributed by atoms with Crippen LogP contribution < -0.4 is 5.32 Å². The maximum Gasteiger partial charge on any atom is 0.341 e. The van der Waals surface area contributed by atoms with Gasteiger partial charge in [0.2, 0.25) is 9.84 Å². The van der Waals surface area contributed by atoms with E-state index in [2.05, 4.69) is 5.32 Å². The van der Waals surface area contributed by atoms with Crippen LogP contribution in [0.3, 0.4) is 0 Å². The highest BCUT2D eigenvalue weighted by molar-refractivity contribution is 7.91. The van der Waals surface area contributed by atoms with Gasteiger partial charge in [0, 0.05) is 12.2 Å². The number of sulfone groups is 1. The van der Waals surface area contributed by atoms with Gasteiger partial charge in [-0.3, -0.25) is 0 Å². The monoisotopic (exact) mass is 321 g/mol. The summed E-state index contributed by atoms with van der Waals surface area (Å²) in [6, 6.07) is 5.19. The minimum Gasteiger partial charge on any atom is -0.382 e. The third-order valence-corrected chi connectivity index (χ3v) is 4.42. The first kappa shape index (κ1) is 16.1. The lowest BCUT2D eigenvalue weighted by atomic mass is 10.3. The van der Waals surface area contributed by atoms with Gasteiger partial charge in [0.1, 0.15) is 6.10 Å². The van der Waals surface area contributed by atoms with Crippen molar-refractivity contribution in [1.82, 2.24) is 0 Å². The second-order valence-corrected chi connectivity index (χ2v) is 7.08. The highest BCUT2D eigenvalue weighted by atomic mass is 32.2. The third-order valence-electron chi connectivity index (χ3n) is 3.02. The van der Waals surface area contributed by atoms with Gasteiger partial charge in [0.05, 0.1) is 11.5 Å². The molecular weight excluding hydrogens is 304 g/mol. The van der Waals surface area contributed by atoms with Crippen LogP contribution in [0.4, 0.5) is 14.5 Å². The summed E-state index contributed by atoms with van der Waals surface area (Å²) in [6.07, 6.45) is -0.121. The van der Waals surface area contributed by atoms with Crippen LogP contribution in [0.5, 0.6) is 0 Å². The van der Waals surface area contributed by atoms with Gasteiger partial charge in [-0.1, -0.05) is 0 Å². The van der Waals surface area contributed by atoms with Gasteiger partial charge in [-0.05, 0) is 38.1 Å². The van der Waals surface area contributed by atoms with Crippen LogP contribution >= 0.6 is 0 Å². The number of alkyl halides is 2. The zero-order valence-electron chi connectivity index (χ0n) is 11.7. The standard InChI is InChI=1S/C13H17F2NO4S/c1-13(2)19-8-10(20-13)7-16-9-3-5-11(6-4-9)21(17,18)12(14)15/h3-6,10,12,16H,7-8H2,1-2H3. The van der Waals surface area contributed by atoms with Crippen molar-refractivity contribution in [3.05, 3.63) is 24.3 Å². The summed E-state index contributed by atoms with van der Waals surface area (Å²) >= 11 is 0. The second-order valence-electron chi connectivity index (χ2n) is 5.16. The number of halogens is 2. The zero-order valence-corrected chi connectivity index (χ0v) is 12.5. The fourth-order valence-electron chi connectivity index (χ4n) is 1.96. The SMILES string of the molecule is CC1(C)OCC(CNc2ccc(S(=O)(=O)C(F)F)cc2)O1. The minimum absolute atomic E-state index is 0.121. The van der Waals surface area contributed by atoms with Gasteiger partial charge < -0.3 is 14.8 Å². The highest BCUT2D eigenvalue weighted by Crippen LogP contribution is 2.23. The Morgan fingerprint density at radius 3 is 2.43 bits per heavy atom. The molecule has 5 nitrogen and oxygen atoms in total. The van der Waals surface area contributed by atoms with Crippen LogP contribution in [0.25, 0.3) is 0 Å². The molecule has 0 radical (unpaired) electrons. The van der Waals surface area contributed by atoms with E-state index in [1.165, 1.54) is 12.1 Å². The van der Waals surface area contributed by atoms with Crippen LogP contribution in [0.15, 0.2) is 29.2 Å². The number of rotatable bonds is 5. The van der Waals surface area contributed by atoms with Crippen molar-refractivity contribution < 1.29 is 26.7 Å². The van der Waals surface area contributed by atoms with Crippen LogP contribution in [-0.2, 0) is 19.3 Å². The average molecular weight is 321 g/mol. The number of ether oxygens (including phenoxy) is 2. The maximum atomic E-state index is 12.4. The molecule has 1 aromatic rings. The zero-order chi connectivity index (χ0) is 15.7. The first-order valence-electron chi connectivity index (χ1n) is 6.38. The quantitative estimate of drug-likeness (QED) is 0.901. The molecule has 1 N–H and O–H groups in total. The van der Waals surface area contributed by atoms with Gasteiger partial charge in [-0.25, -0.2) is 8.42 Å². The number of benzene rings is 1. The maximum absolute atomic E-state index is 12.4. The van der Waals surface area contributed by atoms with E-state index < -0.39 is 26.3 Å². The molecule has 0 saturated carbocycles. The van der Waals surface area contributed by atoms with E-state index in [0.717, 1.165) is 12.1 Å². The second kappa shape index (κ2) is 5.86. The molecule has 1 aliphatic rings. The number of nitrogens with one attached hydrogen (secondary N) is 1. The topological polar surface area (TPSA) is 64.6 Å². The Hall–Kier alpha value is -1.25. The van der Waals surface area contributed by atoms with Crippen molar-refractivity contribution in [2.45, 2.75) is 36.4 Å². The summed E-state index contributed by atoms with van der Waals surface area (Å²) in [5.74, 6) is -4.02. The molecule has 1 unspecified atom stereocenters. The van der Waals surface area contributed by atoms with Crippen LogP contribution in [0, 0.1) is 0 Å². The molecule has 2 rings (SSSR count). The molecule has 8 heteroatoms.